The van der Waals surface area contributed by atoms with Crippen molar-refractivity contribution in [2.75, 3.05) is 49.2 Å². The number of pyridine rings is 1. The van der Waals surface area contributed by atoms with Gasteiger partial charge in [0.15, 0.2) is 0 Å². The number of aromatic nitrogens is 1. The lowest BCUT2D eigenvalue weighted by Gasteiger charge is -2.32. The van der Waals surface area contributed by atoms with Crippen molar-refractivity contribution in [3.63, 3.8) is 0 Å². The minimum Gasteiger partial charge on any atom is -0.378 e. The van der Waals surface area contributed by atoms with Crippen molar-refractivity contribution < 1.29 is 4.74 Å². The molecule has 23 heavy (non-hydrogen) atoms. The summed E-state index contributed by atoms with van der Waals surface area (Å²) in [6.07, 6.45) is 3.85. The highest BCUT2D eigenvalue weighted by molar-refractivity contribution is 6.31. The summed E-state index contributed by atoms with van der Waals surface area (Å²) >= 11 is 6.24. The molecule has 0 unspecified atom stereocenters. The molecule has 0 N–H and O–H groups in total. The van der Waals surface area contributed by atoms with Crippen molar-refractivity contribution in [2.45, 2.75) is 19.3 Å². The molecule has 122 valence electrons. The van der Waals surface area contributed by atoms with Gasteiger partial charge in [-0.05, 0) is 37.5 Å². The van der Waals surface area contributed by atoms with Gasteiger partial charge in [-0.2, -0.15) is 0 Å². The lowest BCUT2D eigenvalue weighted by Crippen LogP contribution is -2.37. The minimum atomic E-state index is 0.775. The van der Waals surface area contributed by atoms with E-state index in [2.05, 4.69) is 21.9 Å². The molecule has 0 bridgehead atoms. The van der Waals surface area contributed by atoms with E-state index >= 15 is 0 Å². The molecule has 0 aliphatic carbocycles. The third kappa shape index (κ3) is 3.10. The molecule has 0 atom stereocenters. The molecule has 0 spiro atoms. The van der Waals surface area contributed by atoms with Gasteiger partial charge >= 0.3 is 0 Å². The quantitative estimate of drug-likeness (QED) is 0.838. The molecule has 2 fully saturated rings. The molecular weight excluding hydrogens is 310 g/mol. The van der Waals surface area contributed by atoms with E-state index in [9.17, 15) is 0 Å². The zero-order chi connectivity index (χ0) is 15.6. The Hall–Kier alpha value is -1.52. The predicted molar refractivity (Wildman–Crippen MR) is 95.8 cm³/mol. The Labute approximate surface area is 142 Å². The Morgan fingerprint density at radius 1 is 0.913 bits per heavy atom. The van der Waals surface area contributed by atoms with Gasteiger partial charge < -0.3 is 14.5 Å². The van der Waals surface area contributed by atoms with Crippen molar-refractivity contribution in [3.8, 4) is 0 Å². The molecule has 4 nitrogen and oxygen atoms in total. The van der Waals surface area contributed by atoms with Gasteiger partial charge in [0, 0.05) is 48.3 Å². The van der Waals surface area contributed by atoms with Gasteiger partial charge in [0.05, 0.1) is 18.7 Å². The van der Waals surface area contributed by atoms with Crippen LogP contribution < -0.4 is 9.80 Å². The number of benzene rings is 1. The number of hydrogen-bond acceptors (Lipinski definition) is 4. The van der Waals surface area contributed by atoms with Gasteiger partial charge in [0.2, 0.25) is 0 Å². The normalized spacial score (nSPS) is 19.3. The van der Waals surface area contributed by atoms with Gasteiger partial charge in [0.1, 0.15) is 5.82 Å². The van der Waals surface area contributed by atoms with E-state index in [-0.39, 0.29) is 0 Å². The van der Waals surface area contributed by atoms with Crippen LogP contribution in [0.2, 0.25) is 5.02 Å². The van der Waals surface area contributed by atoms with Crippen LogP contribution in [-0.4, -0.2) is 44.4 Å². The molecule has 0 radical (unpaired) electrons. The van der Waals surface area contributed by atoms with Crippen molar-refractivity contribution in [1.82, 2.24) is 4.98 Å². The largest absolute Gasteiger partial charge is 0.378 e. The Balaban J connectivity index is 1.80. The van der Waals surface area contributed by atoms with Gasteiger partial charge in [0.25, 0.3) is 0 Å². The van der Waals surface area contributed by atoms with Gasteiger partial charge in [-0.3, -0.25) is 0 Å². The van der Waals surface area contributed by atoms with E-state index in [1.54, 1.807) is 0 Å². The summed E-state index contributed by atoms with van der Waals surface area (Å²) in [5, 5.41) is 1.94. The number of piperidine rings is 1. The second-order valence-electron chi connectivity index (χ2n) is 6.31. The third-order valence-corrected chi connectivity index (χ3v) is 5.00. The zero-order valence-corrected chi connectivity index (χ0v) is 14.1. The van der Waals surface area contributed by atoms with Crippen LogP contribution in [-0.2, 0) is 4.74 Å². The lowest BCUT2D eigenvalue weighted by atomic mass is 10.1. The van der Waals surface area contributed by atoms with Crippen LogP contribution >= 0.6 is 11.6 Å². The first-order valence-corrected chi connectivity index (χ1v) is 8.87. The summed E-state index contributed by atoms with van der Waals surface area (Å²) in [7, 11) is 0. The molecule has 4 rings (SSSR count). The number of fused-ring (bicyclic) bond motifs is 1. The Bertz CT molecular complexity index is 694. The van der Waals surface area contributed by atoms with Gasteiger partial charge in [-0.25, -0.2) is 4.98 Å². The minimum absolute atomic E-state index is 0.775. The lowest BCUT2D eigenvalue weighted by molar-refractivity contribution is 0.122. The van der Waals surface area contributed by atoms with Crippen LogP contribution in [0.1, 0.15) is 19.3 Å². The first kappa shape index (κ1) is 15.0. The van der Waals surface area contributed by atoms with Crippen LogP contribution in [0.15, 0.2) is 24.3 Å². The van der Waals surface area contributed by atoms with Crippen LogP contribution in [0, 0.1) is 0 Å². The van der Waals surface area contributed by atoms with E-state index in [1.807, 2.05) is 12.1 Å². The van der Waals surface area contributed by atoms with Crippen molar-refractivity contribution in [1.29, 1.82) is 0 Å². The molecule has 2 aliphatic rings. The molecular formula is C18H22ClN3O. The number of rotatable bonds is 2. The Morgan fingerprint density at radius 3 is 2.48 bits per heavy atom. The van der Waals surface area contributed by atoms with E-state index in [1.165, 1.54) is 24.9 Å². The maximum atomic E-state index is 6.24. The smallest absolute Gasteiger partial charge is 0.131 e. The molecule has 2 saturated heterocycles. The van der Waals surface area contributed by atoms with Gasteiger partial charge in [-0.15, -0.1) is 0 Å². The van der Waals surface area contributed by atoms with Crippen molar-refractivity contribution >= 4 is 34.0 Å². The molecule has 2 aliphatic heterocycles. The molecule has 0 amide bonds. The second kappa shape index (κ2) is 6.54. The zero-order valence-electron chi connectivity index (χ0n) is 13.3. The number of halogens is 1. The van der Waals surface area contributed by atoms with Crippen LogP contribution in [0.3, 0.4) is 0 Å². The van der Waals surface area contributed by atoms with Crippen LogP contribution in [0.4, 0.5) is 11.5 Å². The average molecular weight is 332 g/mol. The maximum Gasteiger partial charge on any atom is 0.131 e. The molecule has 1 aromatic heterocycles. The molecule has 1 aromatic carbocycles. The average Bonchev–Trinajstić information content (AvgIpc) is 2.62. The maximum absolute atomic E-state index is 6.24. The first-order valence-electron chi connectivity index (χ1n) is 8.49. The SMILES string of the molecule is Clc1ccc2nc(N3CCOCC3)cc(N3CCCCC3)c2c1. The number of anilines is 2. The Morgan fingerprint density at radius 2 is 1.70 bits per heavy atom. The summed E-state index contributed by atoms with van der Waals surface area (Å²) in [6, 6.07) is 8.27. The number of nitrogens with zero attached hydrogens (tertiary/aromatic N) is 3. The fourth-order valence-electron chi connectivity index (χ4n) is 3.52. The number of hydrogen-bond donors (Lipinski definition) is 0. The summed E-state index contributed by atoms with van der Waals surface area (Å²) in [4.78, 5) is 9.70. The number of morpholine rings is 1. The summed E-state index contributed by atoms with van der Waals surface area (Å²) in [5.41, 5.74) is 2.30. The summed E-state index contributed by atoms with van der Waals surface area (Å²) < 4.78 is 5.47. The molecule has 5 heteroatoms. The highest BCUT2D eigenvalue weighted by Gasteiger charge is 2.19. The highest BCUT2D eigenvalue weighted by Crippen LogP contribution is 2.33. The second-order valence-corrected chi connectivity index (χ2v) is 6.74. The monoisotopic (exact) mass is 331 g/mol. The van der Waals surface area contributed by atoms with E-state index < -0.39 is 0 Å². The number of ether oxygens (including phenoxy) is 1. The summed E-state index contributed by atoms with van der Waals surface area (Å²) in [6.45, 7) is 5.61. The van der Waals surface area contributed by atoms with Crippen molar-refractivity contribution in [3.05, 3.63) is 29.3 Å². The molecule has 3 heterocycles. The third-order valence-electron chi connectivity index (χ3n) is 4.77. The van der Waals surface area contributed by atoms with Crippen LogP contribution in [0.5, 0.6) is 0 Å². The van der Waals surface area contributed by atoms with Crippen molar-refractivity contribution in [2.24, 2.45) is 0 Å². The Kier molecular flexibility index (Phi) is 4.27. The fourth-order valence-corrected chi connectivity index (χ4v) is 3.69. The van der Waals surface area contributed by atoms with E-state index in [0.717, 1.165) is 61.1 Å². The first-order chi connectivity index (χ1) is 11.3. The van der Waals surface area contributed by atoms with E-state index in [0.29, 0.717) is 0 Å². The summed E-state index contributed by atoms with van der Waals surface area (Å²) in [5.74, 6) is 1.06. The molecule has 0 saturated carbocycles. The topological polar surface area (TPSA) is 28.6 Å². The van der Waals surface area contributed by atoms with Crippen LogP contribution in [0.25, 0.3) is 10.9 Å². The molecule has 2 aromatic rings. The standard InChI is InChI=1S/C18H22ClN3O/c19-14-4-5-16-15(12-14)17(21-6-2-1-3-7-21)13-18(20-16)22-8-10-23-11-9-22/h4-5,12-13H,1-3,6-11H2. The highest BCUT2D eigenvalue weighted by atomic mass is 35.5. The van der Waals surface area contributed by atoms with E-state index in [4.69, 9.17) is 21.3 Å². The fraction of sp³-hybridized carbons (Fsp3) is 0.500. The van der Waals surface area contributed by atoms with Gasteiger partial charge in [-0.1, -0.05) is 11.6 Å². The predicted octanol–water partition coefficient (Wildman–Crippen LogP) is 3.72.